The number of nitrogens with one attached hydrogen (secondary N) is 2. The predicted octanol–water partition coefficient (Wildman–Crippen LogP) is 2.46. The molecule has 31 heavy (non-hydrogen) atoms. The maximum absolute atomic E-state index is 12.7. The number of benzene rings is 2. The van der Waals surface area contributed by atoms with Gasteiger partial charge in [0.2, 0.25) is 11.9 Å². The minimum Gasteiger partial charge on any atom is -0.497 e. The van der Waals surface area contributed by atoms with E-state index < -0.39 is 11.9 Å². The van der Waals surface area contributed by atoms with Crippen molar-refractivity contribution in [2.24, 2.45) is 4.99 Å². The Bertz CT molecular complexity index is 982. The van der Waals surface area contributed by atoms with Crippen LogP contribution in [-0.2, 0) is 4.79 Å². The largest absolute Gasteiger partial charge is 0.497 e. The zero-order valence-corrected chi connectivity index (χ0v) is 17.9. The standard InChI is InChI=1S/C22H25N3O6/c1-5-31-18-7-6-13(10-19(18)30-4)17-12-20(26)24-22(23-17)25-21(27)14-8-15(28-2)11-16(9-14)29-3/h6-11,17H,5,12H2,1-4H3,(H2,23,24,25,26,27)/t17-/m0/s1. The number of amides is 2. The van der Waals surface area contributed by atoms with Crippen molar-refractivity contribution < 1.29 is 28.5 Å². The van der Waals surface area contributed by atoms with Gasteiger partial charge in [-0.15, -0.1) is 0 Å². The van der Waals surface area contributed by atoms with Gasteiger partial charge in [-0.2, -0.15) is 0 Å². The Morgan fingerprint density at radius 3 is 2.39 bits per heavy atom. The molecule has 0 unspecified atom stereocenters. The van der Waals surface area contributed by atoms with E-state index in [1.165, 1.54) is 14.2 Å². The fourth-order valence-electron chi connectivity index (χ4n) is 3.13. The van der Waals surface area contributed by atoms with Crippen LogP contribution in [-0.4, -0.2) is 45.7 Å². The number of methoxy groups -OCH3 is 3. The molecule has 0 saturated carbocycles. The molecule has 0 radical (unpaired) electrons. The third-order valence-electron chi connectivity index (χ3n) is 4.64. The molecule has 2 amide bonds. The Kier molecular flexibility index (Phi) is 6.96. The lowest BCUT2D eigenvalue weighted by molar-refractivity contribution is -0.120. The summed E-state index contributed by atoms with van der Waals surface area (Å²) >= 11 is 0. The van der Waals surface area contributed by atoms with Gasteiger partial charge in [0.25, 0.3) is 5.91 Å². The molecular formula is C22H25N3O6. The highest BCUT2D eigenvalue weighted by Gasteiger charge is 2.25. The highest BCUT2D eigenvalue weighted by molar-refractivity contribution is 6.10. The average molecular weight is 427 g/mol. The van der Waals surface area contributed by atoms with Crippen LogP contribution in [0, 0.1) is 0 Å². The fraction of sp³-hybridized carbons (Fsp3) is 0.318. The monoisotopic (exact) mass is 427 g/mol. The minimum absolute atomic E-state index is 0.0703. The van der Waals surface area contributed by atoms with Crippen molar-refractivity contribution in [3.05, 3.63) is 47.5 Å². The molecule has 1 aliphatic heterocycles. The van der Waals surface area contributed by atoms with Crippen molar-refractivity contribution in [1.82, 2.24) is 10.6 Å². The van der Waals surface area contributed by atoms with Crippen molar-refractivity contribution in [1.29, 1.82) is 0 Å². The van der Waals surface area contributed by atoms with Crippen LogP contribution >= 0.6 is 0 Å². The van der Waals surface area contributed by atoms with E-state index >= 15 is 0 Å². The highest BCUT2D eigenvalue weighted by Crippen LogP contribution is 2.33. The zero-order chi connectivity index (χ0) is 22.4. The molecule has 9 nitrogen and oxygen atoms in total. The Morgan fingerprint density at radius 1 is 1.06 bits per heavy atom. The number of carbonyl (C=O) groups is 2. The molecule has 2 aromatic carbocycles. The van der Waals surface area contributed by atoms with E-state index in [1.807, 2.05) is 13.0 Å². The summed E-state index contributed by atoms with van der Waals surface area (Å²) in [7, 11) is 4.54. The van der Waals surface area contributed by atoms with Crippen molar-refractivity contribution in [2.75, 3.05) is 27.9 Å². The second kappa shape index (κ2) is 9.84. The summed E-state index contributed by atoms with van der Waals surface area (Å²) in [5.74, 6) is 1.46. The Labute approximate surface area is 180 Å². The van der Waals surface area contributed by atoms with E-state index in [-0.39, 0.29) is 18.3 Å². The SMILES string of the molecule is CCOc1ccc([C@@H]2CC(=O)NC(NC(=O)c3cc(OC)cc(OC)c3)=N2)cc1OC. The van der Waals surface area contributed by atoms with Gasteiger partial charge < -0.3 is 18.9 Å². The summed E-state index contributed by atoms with van der Waals surface area (Å²) in [6, 6.07) is 9.70. The van der Waals surface area contributed by atoms with Crippen LogP contribution in [0.25, 0.3) is 0 Å². The molecule has 3 rings (SSSR count). The van der Waals surface area contributed by atoms with Crippen molar-refractivity contribution in [3.63, 3.8) is 0 Å². The lowest BCUT2D eigenvalue weighted by atomic mass is 10.0. The highest BCUT2D eigenvalue weighted by atomic mass is 16.5. The zero-order valence-electron chi connectivity index (χ0n) is 17.9. The average Bonchev–Trinajstić information content (AvgIpc) is 2.78. The molecule has 0 spiro atoms. The third kappa shape index (κ3) is 5.25. The van der Waals surface area contributed by atoms with Gasteiger partial charge >= 0.3 is 0 Å². The third-order valence-corrected chi connectivity index (χ3v) is 4.64. The van der Waals surface area contributed by atoms with Crippen LogP contribution in [0.3, 0.4) is 0 Å². The lowest BCUT2D eigenvalue weighted by Crippen LogP contribution is -2.47. The van der Waals surface area contributed by atoms with E-state index in [0.29, 0.717) is 35.2 Å². The number of hydrogen-bond acceptors (Lipinski definition) is 7. The minimum atomic E-state index is -0.478. The summed E-state index contributed by atoms with van der Waals surface area (Å²) in [4.78, 5) is 29.5. The van der Waals surface area contributed by atoms with Gasteiger partial charge in [0.15, 0.2) is 11.5 Å². The van der Waals surface area contributed by atoms with Crippen LogP contribution in [0.15, 0.2) is 41.4 Å². The van der Waals surface area contributed by atoms with Crippen molar-refractivity contribution in [3.8, 4) is 23.0 Å². The number of aliphatic imine (C=N–C) groups is 1. The van der Waals surface area contributed by atoms with E-state index in [9.17, 15) is 9.59 Å². The first kappa shape index (κ1) is 21.9. The summed E-state index contributed by atoms with van der Waals surface area (Å²) in [5, 5.41) is 5.24. The molecule has 0 saturated heterocycles. The molecule has 0 aliphatic carbocycles. The number of guanidine groups is 1. The molecule has 2 N–H and O–H groups in total. The van der Waals surface area contributed by atoms with E-state index in [2.05, 4.69) is 15.6 Å². The summed E-state index contributed by atoms with van der Waals surface area (Å²) in [5.41, 5.74) is 1.07. The summed E-state index contributed by atoms with van der Waals surface area (Å²) in [6.45, 7) is 2.39. The van der Waals surface area contributed by atoms with Gasteiger partial charge in [0, 0.05) is 11.6 Å². The second-order valence-corrected chi connectivity index (χ2v) is 6.64. The van der Waals surface area contributed by atoms with Gasteiger partial charge in [-0.3, -0.25) is 20.2 Å². The van der Waals surface area contributed by atoms with Gasteiger partial charge in [-0.1, -0.05) is 6.07 Å². The van der Waals surface area contributed by atoms with Crippen molar-refractivity contribution in [2.45, 2.75) is 19.4 Å². The number of nitrogens with zero attached hydrogens (tertiary/aromatic N) is 1. The van der Waals surface area contributed by atoms with Crippen LogP contribution in [0.4, 0.5) is 0 Å². The maximum atomic E-state index is 12.7. The molecule has 9 heteroatoms. The molecule has 164 valence electrons. The molecular weight excluding hydrogens is 402 g/mol. The van der Waals surface area contributed by atoms with E-state index in [0.717, 1.165) is 5.56 Å². The van der Waals surface area contributed by atoms with Crippen LogP contribution in [0.5, 0.6) is 23.0 Å². The first-order chi connectivity index (χ1) is 15.0. The van der Waals surface area contributed by atoms with Crippen LogP contribution in [0.2, 0.25) is 0 Å². The van der Waals surface area contributed by atoms with Gasteiger partial charge in [-0.25, -0.2) is 4.99 Å². The Hall–Kier alpha value is -3.75. The lowest BCUT2D eigenvalue weighted by Gasteiger charge is -2.22. The molecule has 0 aromatic heterocycles. The molecule has 0 fully saturated rings. The molecule has 2 aromatic rings. The number of carbonyl (C=O) groups excluding carboxylic acids is 2. The van der Waals surface area contributed by atoms with Gasteiger partial charge in [0.05, 0.1) is 40.4 Å². The van der Waals surface area contributed by atoms with E-state index in [1.54, 1.807) is 37.4 Å². The molecule has 1 heterocycles. The molecule has 1 aliphatic rings. The first-order valence-electron chi connectivity index (χ1n) is 9.70. The van der Waals surface area contributed by atoms with Crippen molar-refractivity contribution >= 4 is 17.8 Å². The number of rotatable bonds is 7. The summed E-state index contributed by atoms with van der Waals surface area (Å²) in [6.07, 6.45) is 0.142. The fourth-order valence-corrected chi connectivity index (χ4v) is 3.13. The van der Waals surface area contributed by atoms with E-state index in [4.69, 9.17) is 18.9 Å². The maximum Gasteiger partial charge on any atom is 0.258 e. The Morgan fingerprint density at radius 2 is 1.77 bits per heavy atom. The summed E-state index contributed by atoms with van der Waals surface area (Å²) < 4.78 is 21.3. The number of ether oxygens (including phenoxy) is 4. The second-order valence-electron chi connectivity index (χ2n) is 6.64. The Balaban J connectivity index is 1.84. The molecule has 1 atom stereocenters. The topological polar surface area (TPSA) is 107 Å². The van der Waals surface area contributed by atoms with Crippen LogP contribution in [0.1, 0.15) is 35.3 Å². The van der Waals surface area contributed by atoms with Gasteiger partial charge in [-0.05, 0) is 36.8 Å². The number of hydrogen-bond donors (Lipinski definition) is 2. The normalized spacial score (nSPS) is 15.4. The predicted molar refractivity (Wildman–Crippen MR) is 114 cm³/mol. The smallest absolute Gasteiger partial charge is 0.258 e. The first-order valence-corrected chi connectivity index (χ1v) is 9.70. The quantitative estimate of drug-likeness (QED) is 0.703. The van der Waals surface area contributed by atoms with Gasteiger partial charge in [0.1, 0.15) is 11.5 Å². The molecule has 0 bridgehead atoms. The van der Waals surface area contributed by atoms with Crippen LogP contribution < -0.4 is 29.6 Å².